The van der Waals surface area contributed by atoms with Crippen molar-refractivity contribution < 1.29 is 0 Å². The third kappa shape index (κ3) is 4.07. The number of nitrogens with zero attached hydrogens (tertiary/aromatic N) is 1. The van der Waals surface area contributed by atoms with Crippen molar-refractivity contribution >= 4 is 37.9 Å². The maximum Gasteiger partial charge on any atom is 0.100 e. The molecule has 0 spiro atoms. The van der Waals surface area contributed by atoms with E-state index in [2.05, 4.69) is 99.3 Å². The molecule has 0 heterocycles. The molecule has 0 fully saturated rings. The van der Waals surface area contributed by atoms with E-state index in [9.17, 15) is 5.26 Å². The molecule has 6 aromatic carbocycles. The molecule has 0 radical (unpaired) electrons. The van der Waals surface area contributed by atoms with Crippen LogP contribution < -0.4 is 0 Å². The second kappa shape index (κ2) is 10.6. The fraction of sp³-hybridized carbons (Fsp3) is 0.205. The van der Waals surface area contributed by atoms with E-state index < -0.39 is 0 Å². The molecule has 0 bridgehead atoms. The Morgan fingerprint density at radius 2 is 1.25 bits per heavy atom. The summed E-state index contributed by atoms with van der Waals surface area (Å²) in [5.74, 6) is 0. The highest BCUT2D eigenvalue weighted by Gasteiger charge is 2.29. The molecular weight excluding hydrogens is 482 g/mol. The van der Waals surface area contributed by atoms with E-state index in [1.807, 2.05) is 19.1 Å². The Hall–Kier alpha value is -4.41. The molecule has 6 aromatic rings. The molecule has 0 saturated heterocycles. The zero-order valence-electron chi connectivity index (χ0n) is 23.8. The third-order valence-corrected chi connectivity index (χ3v) is 8.49. The average Bonchev–Trinajstić information content (AvgIpc) is 3.28. The molecule has 0 unspecified atom stereocenters. The number of rotatable bonds is 5. The monoisotopic (exact) mass is 517 g/mol. The lowest BCUT2D eigenvalue weighted by atomic mass is 9.84. The van der Waals surface area contributed by atoms with Crippen LogP contribution in [0.2, 0.25) is 0 Å². The number of hydrogen-bond acceptors (Lipinski definition) is 1. The van der Waals surface area contributed by atoms with Crippen LogP contribution >= 0.6 is 0 Å². The standard InChI is InChI=1S/C32H19N.C7H16/c1-18-16-27(29-19(2)23-8-3-4-9-25(23)32(29)28(18)17-33)24-14-12-22-11-10-20-6-5-7-21-13-15-26(24)31(22)30(20)21;1-3-5-7-6-4-2/h3-16H,2H2,1H3;3-7H2,1-2H3. The highest BCUT2D eigenvalue weighted by Crippen LogP contribution is 2.51. The topological polar surface area (TPSA) is 23.8 Å². The van der Waals surface area contributed by atoms with Crippen LogP contribution in [0.3, 0.4) is 0 Å². The van der Waals surface area contributed by atoms with E-state index in [1.54, 1.807) is 0 Å². The first kappa shape index (κ1) is 25.8. The van der Waals surface area contributed by atoms with Gasteiger partial charge in [-0.25, -0.2) is 0 Å². The van der Waals surface area contributed by atoms with Crippen molar-refractivity contribution in [2.45, 2.75) is 52.9 Å². The Labute approximate surface area is 237 Å². The van der Waals surface area contributed by atoms with Crippen LogP contribution in [0.5, 0.6) is 0 Å². The lowest BCUT2D eigenvalue weighted by molar-refractivity contribution is 0.656. The number of unbranched alkanes of at least 4 members (excludes halogenated alkanes) is 4. The van der Waals surface area contributed by atoms with Gasteiger partial charge in [0, 0.05) is 5.56 Å². The first-order chi connectivity index (χ1) is 19.6. The SMILES string of the molecule is C=C1c2ccccc2-c2c(C#N)c(C)cc(-c3ccc4ccc5cccc6ccc3c4c56)c21.CCCCCCC. The molecule has 0 saturated carbocycles. The number of hydrogen-bond donors (Lipinski definition) is 0. The second-order valence-electron chi connectivity index (χ2n) is 11.0. The predicted molar refractivity (Wildman–Crippen MR) is 173 cm³/mol. The zero-order valence-corrected chi connectivity index (χ0v) is 23.8. The number of fused-ring (bicyclic) bond motifs is 3. The molecule has 196 valence electrons. The van der Waals surface area contributed by atoms with Gasteiger partial charge in [0.2, 0.25) is 0 Å². The van der Waals surface area contributed by atoms with Gasteiger partial charge in [-0.2, -0.15) is 5.26 Å². The van der Waals surface area contributed by atoms with E-state index in [4.69, 9.17) is 0 Å². The van der Waals surface area contributed by atoms with Gasteiger partial charge in [-0.1, -0.05) is 131 Å². The Kier molecular flexibility index (Phi) is 6.87. The maximum atomic E-state index is 10.0. The van der Waals surface area contributed by atoms with Crippen LogP contribution in [0.25, 0.3) is 60.1 Å². The quantitative estimate of drug-likeness (QED) is 0.164. The zero-order chi connectivity index (χ0) is 27.8. The summed E-state index contributed by atoms with van der Waals surface area (Å²) in [6, 6.07) is 32.9. The van der Waals surface area contributed by atoms with E-state index in [0.717, 1.165) is 44.5 Å². The molecule has 0 N–H and O–H groups in total. The fourth-order valence-corrected chi connectivity index (χ4v) is 6.50. The first-order valence-electron chi connectivity index (χ1n) is 14.6. The number of benzene rings is 6. The van der Waals surface area contributed by atoms with Crippen molar-refractivity contribution in [1.29, 1.82) is 5.26 Å². The summed E-state index contributed by atoms with van der Waals surface area (Å²) in [4.78, 5) is 0. The Morgan fingerprint density at radius 1 is 0.625 bits per heavy atom. The van der Waals surface area contributed by atoms with Gasteiger partial charge < -0.3 is 0 Å². The highest BCUT2D eigenvalue weighted by atomic mass is 14.3. The van der Waals surface area contributed by atoms with E-state index >= 15 is 0 Å². The van der Waals surface area contributed by atoms with Gasteiger partial charge in [0.25, 0.3) is 0 Å². The van der Waals surface area contributed by atoms with Crippen molar-refractivity contribution in [3.63, 3.8) is 0 Å². The van der Waals surface area contributed by atoms with Crippen LogP contribution in [0.15, 0.2) is 91.5 Å². The van der Waals surface area contributed by atoms with Gasteiger partial charge in [0.15, 0.2) is 0 Å². The lowest BCUT2D eigenvalue weighted by Crippen LogP contribution is -1.95. The van der Waals surface area contributed by atoms with Gasteiger partial charge in [-0.05, 0) is 84.3 Å². The van der Waals surface area contributed by atoms with Crippen LogP contribution in [-0.2, 0) is 0 Å². The minimum Gasteiger partial charge on any atom is -0.192 e. The summed E-state index contributed by atoms with van der Waals surface area (Å²) in [5, 5.41) is 17.7. The molecule has 1 nitrogen and oxygen atoms in total. The van der Waals surface area contributed by atoms with Crippen molar-refractivity contribution in [2.24, 2.45) is 0 Å². The molecule has 0 aromatic heterocycles. The minimum atomic E-state index is 0.748. The second-order valence-corrected chi connectivity index (χ2v) is 11.0. The normalized spacial score (nSPS) is 11.9. The summed E-state index contributed by atoms with van der Waals surface area (Å²) >= 11 is 0. The molecule has 0 amide bonds. The molecule has 1 heteroatoms. The van der Waals surface area contributed by atoms with Crippen molar-refractivity contribution in [2.75, 3.05) is 0 Å². The van der Waals surface area contributed by atoms with Crippen LogP contribution in [-0.4, -0.2) is 0 Å². The molecule has 40 heavy (non-hydrogen) atoms. The largest absolute Gasteiger partial charge is 0.192 e. The summed E-state index contributed by atoms with van der Waals surface area (Å²) < 4.78 is 0. The van der Waals surface area contributed by atoms with Crippen molar-refractivity contribution in [3.05, 3.63) is 114 Å². The summed E-state index contributed by atoms with van der Waals surface area (Å²) in [6.45, 7) is 11.0. The van der Waals surface area contributed by atoms with E-state index in [0.29, 0.717) is 0 Å². The molecular formula is C39H35N. The summed E-state index contributed by atoms with van der Waals surface area (Å²) in [7, 11) is 0. The van der Waals surface area contributed by atoms with Gasteiger partial charge in [0.1, 0.15) is 6.07 Å². The number of aryl methyl sites for hydroxylation is 1. The molecule has 0 aliphatic heterocycles. The lowest BCUT2D eigenvalue weighted by Gasteiger charge is -2.18. The molecule has 1 aliphatic rings. The minimum absolute atomic E-state index is 0.748. The summed E-state index contributed by atoms with van der Waals surface area (Å²) in [6.07, 6.45) is 7.01. The van der Waals surface area contributed by atoms with Gasteiger partial charge in [0.05, 0.1) is 5.56 Å². The van der Waals surface area contributed by atoms with Gasteiger partial charge in [-0.3, -0.25) is 0 Å². The highest BCUT2D eigenvalue weighted by molar-refractivity contribution is 6.26. The maximum absolute atomic E-state index is 10.0. The fourth-order valence-electron chi connectivity index (χ4n) is 6.50. The molecule has 7 rings (SSSR count). The van der Waals surface area contributed by atoms with Crippen LogP contribution in [0.4, 0.5) is 0 Å². The van der Waals surface area contributed by atoms with Crippen molar-refractivity contribution in [1.82, 2.24) is 0 Å². The predicted octanol–water partition coefficient (Wildman–Crippen LogP) is 11.4. The van der Waals surface area contributed by atoms with E-state index in [1.165, 1.54) is 70.0 Å². The first-order valence-corrected chi connectivity index (χ1v) is 14.6. The Bertz CT molecular complexity index is 1910. The van der Waals surface area contributed by atoms with Gasteiger partial charge >= 0.3 is 0 Å². The third-order valence-electron chi connectivity index (χ3n) is 8.49. The average molecular weight is 518 g/mol. The van der Waals surface area contributed by atoms with Crippen LogP contribution in [0, 0.1) is 18.3 Å². The van der Waals surface area contributed by atoms with Gasteiger partial charge in [-0.15, -0.1) is 0 Å². The van der Waals surface area contributed by atoms with E-state index in [-0.39, 0.29) is 0 Å². The molecule has 0 atom stereocenters. The Balaban J connectivity index is 0.000000370. The van der Waals surface area contributed by atoms with Crippen LogP contribution in [0.1, 0.15) is 68.2 Å². The number of nitriles is 1. The van der Waals surface area contributed by atoms with Crippen molar-refractivity contribution in [3.8, 4) is 28.3 Å². The molecule has 1 aliphatic carbocycles. The summed E-state index contributed by atoms with van der Waals surface area (Å²) in [5.41, 5.74) is 9.44. The smallest absolute Gasteiger partial charge is 0.100 e. The Morgan fingerprint density at radius 3 is 1.93 bits per heavy atom.